The molecular weight excluding hydrogens is 134 g/mol. The molecule has 0 aliphatic heterocycles. The minimum atomic E-state index is -3.51. The van der Waals surface area contributed by atoms with Crippen LogP contribution >= 0.6 is 23.6 Å². The Morgan fingerprint density at radius 2 is 1.83 bits per heavy atom. The first-order valence-electron chi connectivity index (χ1n) is 0.954. The summed E-state index contributed by atoms with van der Waals surface area (Å²) >= 11 is 3.41. The van der Waals surface area contributed by atoms with Gasteiger partial charge in [0.1, 0.15) is 0 Å². The third-order valence-electron chi connectivity index (χ3n) is 0.104. The molecule has 0 radical (unpaired) electrons. The quantitative estimate of drug-likeness (QED) is 0.437. The number of halogens is 3. The highest BCUT2D eigenvalue weighted by atomic mass is 35.5. The summed E-state index contributed by atoms with van der Waals surface area (Å²) < 4.78 is 25.8. The third-order valence-corrected chi connectivity index (χ3v) is 0.518. The maximum absolute atomic E-state index is 10.9. The number of hydrogen-bond acceptors (Lipinski definition) is 2. The molecule has 0 aliphatic carbocycles. The van der Waals surface area contributed by atoms with Crippen LogP contribution in [0.5, 0.6) is 0 Å². The van der Waals surface area contributed by atoms with Crippen LogP contribution in [-0.4, -0.2) is 9.27 Å². The molecule has 0 spiro atoms. The van der Waals surface area contributed by atoms with Gasteiger partial charge < -0.3 is 4.55 Å². The second-order valence-electron chi connectivity index (χ2n) is 0.537. The molecule has 0 fully saturated rings. The van der Waals surface area contributed by atoms with E-state index in [0.29, 0.717) is 0 Å². The highest BCUT2D eigenvalue weighted by Crippen LogP contribution is 2.29. The zero-order chi connectivity index (χ0) is 5.21. The highest BCUT2D eigenvalue weighted by Gasteiger charge is 2.24. The summed E-state index contributed by atoms with van der Waals surface area (Å²) in [5.41, 5.74) is 0. The van der Waals surface area contributed by atoms with E-state index in [-0.39, 0.29) is 0 Å². The summed E-state index contributed by atoms with van der Waals surface area (Å²) in [6, 6.07) is 0. The lowest BCUT2D eigenvalue weighted by Crippen LogP contribution is -1.94. The maximum Gasteiger partial charge on any atom is 0.395 e. The number of rotatable bonds is 1. The Balaban J connectivity index is 3.17. The van der Waals surface area contributed by atoms with Gasteiger partial charge in [-0.3, -0.25) is 0 Å². The van der Waals surface area contributed by atoms with Gasteiger partial charge in [0.25, 0.3) is 0 Å². The molecule has 0 aromatic carbocycles. The van der Waals surface area contributed by atoms with Crippen LogP contribution in [0, 0.1) is 0 Å². The minimum absolute atomic E-state index is 0.686. The fourth-order valence-corrected chi connectivity index (χ4v) is 0. The summed E-state index contributed by atoms with van der Waals surface area (Å²) in [4.78, 5) is 0. The molecule has 0 saturated heterocycles. The van der Waals surface area contributed by atoms with Crippen LogP contribution < -0.4 is 0 Å². The smallest absolute Gasteiger partial charge is 0.324 e. The SMILES string of the molecule is OSC(F)(F)Cl. The fourth-order valence-electron chi connectivity index (χ4n) is 0. The van der Waals surface area contributed by atoms with Gasteiger partial charge in [0.15, 0.2) is 0 Å². The molecule has 6 heavy (non-hydrogen) atoms. The van der Waals surface area contributed by atoms with Crippen LogP contribution in [0.15, 0.2) is 0 Å². The van der Waals surface area contributed by atoms with E-state index in [1.54, 1.807) is 0 Å². The molecule has 0 aliphatic rings. The van der Waals surface area contributed by atoms with Crippen molar-refractivity contribution in [3.05, 3.63) is 0 Å². The Labute approximate surface area is 42.5 Å². The van der Waals surface area contributed by atoms with Gasteiger partial charge >= 0.3 is 4.71 Å². The molecule has 0 atom stereocenters. The summed E-state index contributed by atoms with van der Waals surface area (Å²) in [5.74, 6) is 0. The molecule has 0 rings (SSSR count). The van der Waals surface area contributed by atoms with Gasteiger partial charge in [-0.15, -0.1) is 0 Å². The van der Waals surface area contributed by atoms with Gasteiger partial charge in [-0.2, -0.15) is 8.78 Å². The maximum atomic E-state index is 10.9. The Bertz CT molecular complexity index is 43.3. The van der Waals surface area contributed by atoms with Crippen LogP contribution in [0.25, 0.3) is 0 Å². The first-order valence-corrected chi connectivity index (χ1v) is 2.11. The van der Waals surface area contributed by atoms with E-state index in [2.05, 4.69) is 11.6 Å². The van der Waals surface area contributed by atoms with Crippen LogP contribution in [-0.2, 0) is 0 Å². The average molecular weight is 135 g/mol. The predicted octanol–water partition coefficient (Wildman–Crippen LogP) is 1.98. The molecule has 0 unspecified atom stereocenters. The van der Waals surface area contributed by atoms with Crippen molar-refractivity contribution in [3.63, 3.8) is 0 Å². The van der Waals surface area contributed by atoms with Gasteiger partial charge in [0.05, 0.1) is 12.0 Å². The van der Waals surface area contributed by atoms with Crippen molar-refractivity contribution in [1.82, 2.24) is 0 Å². The predicted molar refractivity (Wildman–Crippen MR) is 21.0 cm³/mol. The molecule has 1 N–H and O–H groups in total. The summed E-state index contributed by atoms with van der Waals surface area (Å²) in [7, 11) is 0. The largest absolute Gasteiger partial charge is 0.395 e. The molecular formula is CHClF2OS. The fraction of sp³-hybridized carbons (Fsp3) is 1.00. The molecule has 0 aromatic heterocycles. The summed E-state index contributed by atoms with van der Waals surface area (Å²) in [6.07, 6.45) is 0. The Hall–Kier alpha value is 0.460. The van der Waals surface area contributed by atoms with Crippen LogP contribution in [0.1, 0.15) is 0 Å². The Morgan fingerprint density at radius 3 is 1.83 bits per heavy atom. The second kappa shape index (κ2) is 1.95. The first-order chi connectivity index (χ1) is 2.56. The lowest BCUT2D eigenvalue weighted by molar-refractivity contribution is 0.195. The summed E-state index contributed by atoms with van der Waals surface area (Å²) in [6.45, 7) is 0. The van der Waals surface area contributed by atoms with Crippen molar-refractivity contribution in [2.45, 2.75) is 4.71 Å². The Kier molecular flexibility index (Phi) is 2.10. The van der Waals surface area contributed by atoms with E-state index < -0.39 is 16.8 Å². The standard InChI is InChI=1S/CHClF2OS/c2-1(3,4)6-5/h5H. The monoisotopic (exact) mass is 134 g/mol. The first kappa shape index (κ1) is 6.46. The van der Waals surface area contributed by atoms with E-state index in [1.807, 2.05) is 0 Å². The Morgan fingerprint density at radius 1 is 1.67 bits per heavy atom. The van der Waals surface area contributed by atoms with E-state index in [4.69, 9.17) is 4.55 Å². The highest BCUT2D eigenvalue weighted by molar-refractivity contribution is 7.96. The number of hydrogen-bond donors (Lipinski definition) is 1. The second-order valence-corrected chi connectivity index (χ2v) is 1.93. The zero-order valence-corrected chi connectivity index (χ0v) is 4.06. The third kappa shape index (κ3) is 4.46. The lowest BCUT2D eigenvalue weighted by Gasteiger charge is -1.95. The normalized spacial score (nSPS) is 12.0. The van der Waals surface area contributed by atoms with Gasteiger partial charge in [-0.1, -0.05) is 0 Å². The van der Waals surface area contributed by atoms with Crippen molar-refractivity contribution < 1.29 is 13.3 Å². The van der Waals surface area contributed by atoms with E-state index in [0.717, 1.165) is 0 Å². The van der Waals surface area contributed by atoms with E-state index >= 15 is 0 Å². The zero-order valence-electron chi connectivity index (χ0n) is 2.49. The van der Waals surface area contributed by atoms with E-state index in [9.17, 15) is 8.78 Å². The number of alkyl halides is 3. The molecule has 0 heterocycles. The van der Waals surface area contributed by atoms with Crippen LogP contribution in [0.2, 0.25) is 0 Å². The molecule has 1 nitrogen and oxygen atoms in total. The van der Waals surface area contributed by atoms with Crippen LogP contribution in [0.3, 0.4) is 0 Å². The molecule has 38 valence electrons. The van der Waals surface area contributed by atoms with Crippen molar-refractivity contribution in [1.29, 1.82) is 0 Å². The van der Waals surface area contributed by atoms with Gasteiger partial charge in [-0.25, -0.2) is 0 Å². The molecule has 0 saturated carbocycles. The van der Waals surface area contributed by atoms with Gasteiger partial charge in [0.2, 0.25) is 0 Å². The van der Waals surface area contributed by atoms with E-state index in [1.165, 1.54) is 0 Å². The average Bonchev–Trinajstić information content (AvgIpc) is 1.35. The lowest BCUT2D eigenvalue weighted by atomic mass is 11.6. The van der Waals surface area contributed by atoms with Crippen molar-refractivity contribution in [2.75, 3.05) is 0 Å². The van der Waals surface area contributed by atoms with Gasteiger partial charge in [-0.05, 0) is 11.6 Å². The van der Waals surface area contributed by atoms with Crippen molar-refractivity contribution in [3.8, 4) is 0 Å². The molecule has 0 amide bonds. The van der Waals surface area contributed by atoms with Gasteiger partial charge in [0, 0.05) is 0 Å². The molecule has 0 bridgehead atoms. The minimum Gasteiger partial charge on any atom is -0.324 e. The van der Waals surface area contributed by atoms with Crippen molar-refractivity contribution in [2.24, 2.45) is 0 Å². The molecule has 5 heteroatoms. The van der Waals surface area contributed by atoms with Crippen LogP contribution in [0.4, 0.5) is 8.78 Å². The molecule has 0 aromatic rings. The van der Waals surface area contributed by atoms with Crippen molar-refractivity contribution >= 4 is 23.6 Å². The topological polar surface area (TPSA) is 20.2 Å². The summed E-state index contributed by atoms with van der Waals surface area (Å²) in [5, 5.41) is 0.